The van der Waals surface area contributed by atoms with Crippen LogP contribution >= 0.6 is 0 Å². The SMILES string of the molecule is O=C(O)Cc1ccc2c(c1)CCc1ccccc1N=N2. The Morgan fingerprint density at radius 2 is 1.70 bits per heavy atom. The number of aryl methyl sites for hydroxylation is 2. The molecule has 4 nitrogen and oxygen atoms in total. The van der Waals surface area contributed by atoms with E-state index in [0.29, 0.717) is 0 Å². The van der Waals surface area contributed by atoms with Crippen molar-refractivity contribution in [2.75, 3.05) is 0 Å². The summed E-state index contributed by atoms with van der Waals surface area (Å²) in [7, 11) is 0. The molecule has 0 saturated heterocycles. The smallest absolute Gasteiger partial charge is 0.307 e. The number of aliphatic carboxylic acids is 1. The van der Waals surface area contributed by atoms with E-state index in [1.807, 2.05) is 30.3 Å². The number of carbonyl (C=O) groups is 1. The molecule has 0 saturated carbocycles. The average Bonchev–Trinajstić information content (AvgIpc) is 2.41. The number of carboxylic acid groups (broad SMARTS) is 1. The van der Waals surface area contributed by atoms with Crippen LogP contribution in [0.1, 0.15) is 16.7 Å². The molecule has 0 atom stereocenters. The molecule has 1 heterocycles. The number of hydrogen-bond donors (Lipinski definition) is 1. The van der Waals surface area contributed by atoms with Gasteiger partial charge in [0.25, 0.3) is 0 Å². The van der Waals surface area contributed by atoms with Crippen molar-refractivity contribution in [3.05, 3.63) is 59.2 Å². The maximum Gasteiger partial charge on any atom is 0.307 e. The largest absolute Gasteiger partial charge is 0.481 e. The van der Waals surface area contributed by atoms with Gasteiger partial charge in [-0.25, -0.2) is 0 Å². The molecule has 4 heteroatoms. The van der Waals surface area contributed by atoms with Crippen molar-refractivity contribution < 1.29 is 9.90 Å². The van der Waals surface area contributed by atoms with Crippen LogP contribution in [-0.4, -0.2) is 11.1 Å². The molecule has 1 aliphatic heterocycles. The molecule has 2 aromatic rings. The first-order valence-corrected chi connectivity index (χ1v) is 6.55. The second kappa shape index (κ2) is 5.25. The number of benzene rings is 2. The minimum Gasteiger partial charge on any atom is -0.481 e. The minimum atomic E-state index is -0.817. The van der Waals surface area contributed by atoms with Gasteiger partial charge in [0, 0.05) is 0 Å². The van der Waals surface area contributed by atoms with Gasteiger partial charge >= 0.3 is 5.97 Å². The lowest BCUT2D eigenvalue weighted by Gasteiger charge is -2.12. The number of rotatable bonds is 2. The van der Waals surface area contributed by atoms with Crippen LogP contribution in [0.3, 0.4) is 0 Å². The lowest BCUT2D eigenvalue weighted by molar-refractivity contribution is -0.136. The molecule has 2 aromatic carbocycles. The van der Waals surface area contributed by atoms with E-state index >= 15 is 0 Å². The number of fused-ring (bicyclic) bond motifs is 2. The van der Waals surface area contributed by atoms with Crippen molar-refractivity contribution in [2.24, 2.45) is 10.2 Å². The molecule has 0 unspecified atom stereocenters. The van der Waals surface area contributed by atoms with Gasteiger partial charge in [-0.1, -0.05) is 30.3 Å². The van der Waals surface area contributed by atoms with Crippen LogP contribution in [0.2, 0.25) is 0 Å². The molecule has 0 aliphatic carbocycles. The lowest BCUT2D eigenvalue weighted by atomic mass is 9.98. The van der Waals surface area contributed by atoms with Gasteiger partial charge in [0.2, 0.25) is 0 Å². The van der Waals surface area contributed by atoms with Gasteiger partial charge in [0.15, 0.2) is 0 Å². The van der Waals surface area contributed by atoms with Gasteiger partial charge in [-0.2, -0.15) is 10.2 Å². The summed E-state index contributed by atoms with van der Waals surface area (Å²) in [5, 5.41) is 17.4. The van der Waals surface area contributed by atoms with E-state index in [0.717, 1.165) is 35.3 Å². The zero-order valence-corrected chi connectivity index (χ0v) is 10.9. The number of hydrogen-bond acceptors (Lipinski definition) is 3. The first-order chi connectivity index (χ1) is 9.72. The normalized spacial score (nSPS) is 13.0. The van der Waals surface area contributed by atoms with Crippen molar-refractivity contribution in [1.82, 2.24) is 0 Å². The van der Waals surface area contributed by atoms with E-state index in [1.165, 1.54) is 5.56 Å². The molecule has 20 heavy (non-hydrogen) atoms. The zero-order valence-electron chi connectivity index (χ0n) is 10.9. The van der Waals surface area contributed by atoms with Crippen LogP contribution in [0.25, 0.3) is 0 Å². The molecular weight excluding hydrogens is 252 g/mol. The van der Waals surface area contributed by atoms with Crippen LogP contribution in [0.15, 0.2) is 52.7 Å². The van der Waals surface area contributed by atoms with Crippen LogP contribution in [-0.2, 0) is 24.1 Å². The highest BCUT2D eigenvalue weighted by Crippen LogP contribution is 2.30. The Morgan fingerprint density at radius 3 is 2.50 bits per heavy atom. The Morgan fingerprint density at radius 1 is 1.00 bits per heavy atom. The summed E-state index contributed by atoms with van der Waals surface area (Å²) < 4.78 is 0. The number of nitrogens with zero attached hydrogens (tertiary/aromatic N) is 2. The van der Waals surface area contributed by atoms with Crippen LogP contribution in [0, 0.1) is 0 Å². The molecule has 0 spiro atoms. The second-order valence-corrected chi connectivity index (χ2v) is 4.86. The van der Waals surface area contributed by atoms with Gasteiger partial charge in [-0.15, -0.1) is 0 Å². The van der Waals surface area contributed by atoms with Crippen LogP contribution in [0.5, 0.6) is 0 Å². The third kappa shape index (κ3) is 2.59. The predicted molar refractivity (Wildman–Crippen MR) is 75.8 cm³/mol. The van der Waals surface area contributed by atoms with E-state index in [4.69, 9.17) is 5.11 Å². The van der Waals surface area contributed by atoms with Gasteiger partial charge in [-0.05, 0) is 41.7 Å². The van der Waals surface area contributed by atoms with Gasteiger partial charge in [0.05, 0.1) is 17.8 Å². The fourth-order valence-electron chi connectivity index (χ4n) is 2.42. The quantitative estimate of drug-likeness (QED) is 0.897. The van der Waals surface area contributed by atoms with Crippen LogP contribution < -0.4 is 0 Å². The van der Waals surface area contributed by atoms with E-state index < -0.39 is 5.97 Å². The Labute approximate surface area is 116 Å². The molecule has 1 N–H and O–H groups in total. The standard InChI is InChI=1S/C16H14N2O2/c19-16(20)10-11-5-8-15-13(9-11)7-6-12-3-1-2-4-14(12)17-18-15/h1-5,8-9H,6-7,10H2,(H,19,20). The summed E-state index contributed by atoms with van der Waals surface area (Å²) in [4.78, 5) is 10.8. The molecule has 3 rings (SSSR count). The average molecular weight is 266 g/mol. The second-order valence-electron chi connectivity index (χ2n) is 4.86. The first-order valence-electron chi connectivity index (χ1n) is 6.55. The lowest BCUT2D eigenvalue weighted by Crippen LogP contribution is -2.01. The summed E-state index contributed by atoms with van der Waals surface area (Å²) in [6.45, 7) is 0. The van der Waals surface area contributed by atoms with Gasteiger partial charge < -0.3 is 5.11 Å². The van der Waals surface area contributed by atoms with E-state index in [9.17, 15) is 4.79 Å². The highest BCUT2D eigenvalue weighted by molar-refractivity contribution is 5.70. The van der Waals surface area contributed by atoms with Crippen molar-refractivity contribution in [1.29, 1.82) is 0 Å². The Kier molecular flexibility index (Phi) is 3.29. The van der Waals surface area contributed by atoms with E-state index in [-0.39, 0.29) is 6.42 Å². The van der Waals surface area contributed by atoms with Gasteiger partial charge in [-0.3, -0.25) is 4.79 Å². The summed E-state index contributed by atoms with van der Waals surface area (Å²) >= 11 is 0. The fraction of sp³-hybridized carbons (Fsp3) is 0.188. The third-order valence-corrected chi connectivity index (χ3v) is 3.42. The molecule has 0 radical (unpaired) electrons. The molecule has 0 fully saturated rings. The first kappa shape index (κ1) is 12.5. The summed E-state index contributed by atoms with van der Waals surface area (Å²) in [5.74, 6) is -0.817. The predicted octanol–water partition coefficient (Wildman–Crippen LogP) is 3.83. The number of azo groups is 1. The molecule has 1 aliphatic rings. The molecule has 100 valence electrons. The Bertz CT molecular complexity index is 693. The third-order valence-electron chi connectivity index (χ3n) is 3.42. The summed E-state index contributed by atoms with van der Waals surface area (Å²) in [6.07, 6.45) is 1.78. The van der Waals surface area contributed by atoms with Crippen molar-refractivity contribution in [3.8, 4) is 0 Å². The molecule has 0 amide bonds. The summed E-state index contributed by atoms with van der Waals surface area (Å²) in [6, 6.07) is 13.6. The molecule has 0 bridgehead atoms. The highest BCUT2D eigenvalue weighted by atomic mass is 16.4. The van der Waals surface area contributed by atoms with E-state index in [2.05, 4.69) is 16.3 Å². The monoisotopic (exact) mass is 266 g/mol. The maximum absolute atomic E-state index is 10.8. The van der Waals surface area contributed by atoms with Crippen molar-refractivity contribution in [2.45, 2.75) is 19.3 Å². The summed E-state index contributed by atoms with van der Waals surface area (Å²) in [5.41, 5.74) is 4.77. The van der Waals surface area contributed by atoms with Crippen molar-refractivity contribution in [3.63, 3.8) is 0 Å². The van der Waals surface area contributed by atoms with Crippen LogP contribution in [0.4, 0.5) is 11.4 Å². The number of carboxylic acids is 1. The Balaban J connectivity index is 1.97. The Hall–Kier alpha value is -2.49. The molecule has 0 aromatic heterocycles. The minimum absolute atomic E-state index is 0.0427. The molecular formula is C16H14N2O2. The topological polar surface area (TPSA) is 62.0 Å². The van der Waals surface area contributed by atoms with E-state index in [1.54, 1.807) is 6.07 Å². The zero-order chi connectivity index (χ0) is 13.9. The van der Waals surface area contributed by atoms with Gasteiger partial charge in [0.1, 0.15) is 0 Å². The highest BCUT2D eigenvalue weighted by Gasteiger charge is 2.11. The maximum atomic E-state index is 10.8. The fourth-order valence-corrected chi connectivity index (χ4v) is 2.42. The van der Waals surface area contributed by atoms with Crippen molar-refractivity contribution >= 4 is 17.3 Å².